The number of likely N-dealkylation sites (tertiary alicyclic amines) is 1. The number of hydrogen-bond donors (Lipinski definition) is 0. The van der Waals surface area contributed by atoms with Crippen LogP contribution in [0.25, 0.3) is 0 Å². The highest BCUT2D eigenvalue weighted by molar-refractivity contribution is 6.31. The molecule has 130 valence electrons. The summed E-state index contributed by atoms with van der Waals surface area (Å²) >= 11 is 6.27. The van der Waals surface area contributed by atoms with Crippen LogP contribution in [0.15, 0.2) is 42.5 Å². The summed E-state index contributed by atoms with van der Waals surface area (Å²) in [5.74, 6) is -0.459. The number of rotatable bonds is 2. The van der Waals surface area contributed by atoms with E-state index in [-0.39, 0.29) is 29.0 Å². The van der Waals surface area contributed by atoms with E-state index in [1.165, 1.54) is 18.2 Å². The van der Waals surface area contributed by atoms with Crippen LogP contribution in [0.3, 0.4) is 0 Å². The van der Waals surface area contributed by atoms with E-state index in [0.717, 1.165) is 18.4 Å². The van der Waals surface area contributed by atoms with E-state index in [9.17, 15) is 13.6 Å². The summed E-state index contributed by atoms with van der Waals surface area (Å²) in [7, 11) is 0. The number of nitrogens with zero attached hydrogens (tertiary/aromatic N) is 1. The first-order chi connectivity index (χ1) is 11.9. The molecule has 2 aromatic carbocycles. The van der Waals surface area contributed by atoms with Gasteiger partial charge in [-0.05, 0) is 42.7 Å². The molecule has 1 amide bonds. The van der Waals surface area contributed by atoms with Crippen molar-refractivity contribution in [1.29, 1.82) is 0 Å². The van der Waals surface area contributed by atoms with E-state index in [1.807, 2.05) is 18.2 Å². The first-order valence-electron chi connectivity index (χ1n) is 7.90. The smallest absolute Gasteiger partial charge is 0.395 e. The highest BCUT2D eigenvalue weighted by Crippen LogP contribution is 2.42. The van der Waals surface area contributed by atoms with Gasteiger partial charge >= 0.3 is 6.29 Å². The van der Waals surface area contributed by atoms with E-state index >= 15 is 0 Å². The van der Waals surface area contributed by atoms with Gasteiger partial charge in [0.25, 0.3) is 5.91 Å². The second-order valence-electron chi connectivity index (χ2n) is 6.01. The fourth-order valence-electron chi connectivity index (χ4n) is 3.33. The highest BCUT2D eigenvalue weighted by atomic mass is 35.5. The largest absolute Gasteiger partial charge is 0.586 e. The molecule has 2 aliphatic heterocycles. The van der Waals surface area contributed by atoms with Crippen molar-refractivity contribution in [1.82, 2.24) is 4.90 Å². The number of carbonyl (C=O) groups excluding carboxylic acids is 1. The minimum absolute atomic E-state index is 0.0781. The number of fused-ring (bicyclic) bond motifs is 1. The van der Waals surface area contributed by atoms with E-state index in [2.05, 4.69) is 9.47 Å². The SMILES string of the molecule is O=C(c1ccc2c(c1)OC(F)(F)O2)N1CCC[C@@H]1c1ccccc1Cl. The van der Waals surface area contributed by atoms with E-state index in [1.54, 1.807) is 11.0 Å². The summed E-state index contributed by atoms with van der Waals surface area (Å²) in [6.45, 7) is 0.583. The molecule has 0 aliphatic carbocycles. The molecule has 0 radical (unpaired) electrons. The highest BCUT2D eigenvalue weighted by Gasteiger charge is 2.44. The van der Waals surface area contributed by atoms with Crippen LogP contribution in [-0.2, 0) is 0 Å². The van der Waals surface area contributed by atoms with Crippen molar-refractivity contribution in [2.75, 3.05) is 6.54 Å². The molecule has 4 nitrogen and oxygen atoms in total. The van der Waals surface area contributed by atoms with Crippen molar-refractivity contribution in [2.45, 2.75) is 25.2 Å². The maximum Gasteiger partial charge on any atom is 0.586 e. The Morgan fingerprint density at radius 1 is 1.16 bits per heavy atom. The average Bonchev–Trinajstić information content (AvgIpc) is 3.16. The summed E-state index contributed by atoms with van der Waals surface area (Å²) in [5, 5.41) is 0.609. The van der Waals surface area contributed by atoms with Gasteiger partial charge in [-0.1, -0.05) is 29.8 Å². The Morgan fingerprint density at radius 3 is 2.72 bits per heavy atom. The number of halogens is 3. The molecular formula is C18H14ClF2NO3. The second-order valence-corrected chi connectivity index (χ2v) is 6.41. The molecule has 0 spiro atoms. The summed E-state index contributed by atoms with van der Waals surface area (Å²) in [6, 6.07) is 11.4. The summed E-state index contributed by atoms with van der Waals surface area (Å²) in [6.07, 6.45) is -2.04. The minimum Gasteiger partial charge on any atom is -0.395 e. The first kappa shape index (κ1) is 16.1. The third kappa shape index (κ3) is 2.91. The summed E-state index contributed by atoms with van der Waals surface area (Å²) < 4.78 is 35.1. The predicted molar refractivity (Wildman–Crippen MR) is 87.1 cm³/mol. The molecule has 4 rings (SSSR count). The lowest BCUT2D eigenvalue weighted by Gasteiger charge is -2.26. The van der Waals surface area contributed by atoms with Crippen molar-refractivity contribution >= 4 is 17.5 Å². The Bertz CT molecular complexity index is 843. The van der Waals surface area contributed by atoms with E-state index < -0.39 is 6.29 Å². The normalized spacial score (nSPS) is 20.8. The Kier molecular flexibility index (Phi) is 3.80. The van der Waals surface area contributed by atoms with Gasteiger partial charge in [-0.25, -0.2) is 0 Å². The average molecular weight is 366 g/mol. The van der Waals surface area contributed by atoms with Gasteiger partial charge in [0.05, 0.1) is 6.04 Å². The van der Waals surface area contributed by atoms with Crippen LogP contribution >= 0.6 is 11.6 Å². The predicted octanol–water partition coefficient (Wildman–Crippen LogP) is 4.64. The molecule has 25 heavy (non-hydrogen) atoms. The van der Waals surface area contributed by atoms with E-state index in [4.69, 9.17) is 11.6 Å². The Labute approximate surface area is 147 Å². The fourth-order valence-corrected chi connectivity index (χ4v) is 3.59. The maximum atomic E-state index is 13.1. The molecule has 2 aromatic rings. The molecule has 2 aliphatic rings. The number of alkyl halides is 2. The standard InChI is InChI=1S/C18H14ClF2NO3/c19-13-5-2-1-4-12(13)14-6-3-9-22(14)17(23)11-7-8-15-16(10-11)25-18(20,21)24-15/h1-2,4-5,7-8,10,14H,3,6,9H2/t14-/m1/s1. The van der Waals surface area contributed by atoms with Crippen molar-refractivity contribution in [3.8, 4) is 11.5 Å². The molecule has 1 atom stereocenters. The van der Waals surface area contributed by atoms with E-state index in [0.29, 0.717) is 11.6 Å². The summed E-state index contributed by atoms with van der Waals surface area (Å²) in [4.78, 5) is 14.6. The Balaban J connectivity index is 1.62. The maximum absolute atomic E-state index is 13.1. The molecule has 1 saturated heterocycles. The third-order valence-electron chi connectivity index (χ3n) is 4.43. The second kappa shape index (κ2) is 5.88. The molecule has 0 unspecified atom stereocenters. The third-order valence-corrected chi connectivity index (χ3v) is 4.77. The van der Waals surface area contributed by atoms with Crippen LogP contribution in [0, 0.1) is 0 Å². The molecule has 2 heterocycles. The van der Waals surface area contributed by atoms with Crippen LogP contribution < -0.4 is 9.47 Å². The number of amides is 1. The van der Waals surface area contributed by atoms with Gasteiger partial charge in [-0.15, -0.1) is 8.78 Å². The lowest BCUT2D eigenvalue weighted by molar-refractivity contribution is -0.286. The monoisotopic (exact) mass is 365 g/mol. The molecular weight excluding hydrogens is 352 g/mol. The first-order valence-corrected chi connectivity index (χ1v) is 8.28. The lowest BCUT2D eigenvalue weighted by Crippen LogP contribution is -2.30. The zero-order valence-electron chi connectivity index (χ0n) is 13.0. The number of carbonyl (C=O) groups is 1. The van der Waals surface area contributed by atoms with Gasteiger partial charge in [0.2, 0.25) is 0 Å². The zero-order chi connectivity index (χ0) is 17.6. The molecule has 0 aromatic heterocycles. The van der Waals surface area contributed by atoms with Crippen molar-refractivity contribution in [3.63, 3.8) is 0 Å². The van der Waals surface area contributed by atoms with Gasteiger partial charge < -0.3 is 14.4 Å². The molecule has 0 N–H and O–H groups in total. The lowest BCUT2D eigenvalue weighted by atomic mass is 10.0. The van der Waals surface area contributed by atoms with Gasteiger partial charge in [0.15, 0.2) is 11.5 Å². The Hall–Kier alpha value is -2.34. The molecule has 0 saturated carbocycles. The van der Waals surface area contributed by atoms with Crippen LogP contribution in [-0.4, -0.2) is 23.6 Å². The van der Waals surface area contributed by atoms with Crippen molar-refractivity contribution < 1.29 is 23.0 Å². The van der Waals surface area contributed by atoms with Crippen LogP contribution in [0.2, 0.25) is 5.02 Å². The topological polar surface area (TPSA) is 38.8 Å². The van der Waals surface area contributed by atoms with Crippen LogP contribution in [0.5, 0.6) is 11.5 Å². The minimum atomic E-state index is -3.70. The van der Waals surface area contributed by atoms with Gasteiger partial charge in [0, 0.05) is 17.1 Å². The number of ether oxygens (including phenoxy) is 2. The van der Waals surface area contributed by atoms with Gasteiger partial charge in [-0.2, -0.15) is 0 Å². The van der Waals surface area contributed by atoms with Crippen molar-refractivity contribution in [2.24, 2.45) is 0 Å². The molecule has 1 fully saturated rings. The van der Waals surface area contributed by atoms with Gasteiger partial charge in [-0.3, -0.25) is 4.79 Å². The zero-order valence-corrected chi connectivity index (χ0v) is 13.8. The Morgan fingerprint density at radius 2 is 1.92 bits per heavy atom. The fraction of sp³-hybridized carbons (Fsp3) is 0.278. The summed E-state index contributed by atoms with van der Waals surface area (Å²) in [5.41, 5.74) is 1.17. The molecule has 7 heteroatoms. The molecule has 0 bridgehead atoms. The quantitative estimate of drug-likeness (QED) is 0.778. The van der Waals surface area contributed by atoms with Crippen LogP contribution in [0.1, 0.15) is 34.8 Å². The van der Waals surface area contributed by atoms with Crippen molar-refractivity contribution in [3.05, 3.63) is 58.6 Å². The van der Waals surface area contributed by atoms with Crippen LogP contribution in [0.4, 0.5) is 8.78 Å². The number of benzene rings is 2. The number of hydrogen-bond acceptors (Lipinski definition) is 3. The van der Waals surface area contributed by atoms with Gasteiger partial charge in [0.1, 0.15) is 0 Å².